The van der Waals surface area contributed by atoms with Gasteiger partial charge < -0.3 is 23.9 Å². The maximum atomic E-state index is 15.2. The highest BCUT2D eigenvalue weighted by Crippen LogP contribution is 2.44. The number of aryl methyl sites for hydroxylation is 7. The molecule has 52 heavy (non-hydrogen) atoms. The van der Waals surface area contributed by atoms with E-state index in [0.717, 1.165) is 62.1 Å². The van der Waals surface area contributed by atoms with Gasteiger partial charge in [-0.15, -0.1) is 0 Å². The van der Waals surface area contributed by atoms with Crippen LogP contribution in [0.3, 0.4) is 0 Å². The molecular formula is C40H39Cl2N5O5. The molecule has 3 aromatic heterocycles. The molecule has 0 bridgehead atoms. The Hall–Kier alpha value is -5.06. The van der Waals surface area contributed by atoms with Gasteiger partial charge in [0.25, 0.3) is 5.91 Å². The molecule has 0 unspecified atom stereocenters. The number of anilines is 1. The Morgan fingerprint density at radius 1 is 1.02 bits per heavy atom. The molecule has 0 fully saturated rings. The maximum Gasteiger partial charge on any atom is 0.335 e. The van der Waals surface area contributed by atoms with Gasteiger partial charge in [0.1, 0.15) is 11.4 Å². The third kappa shape index (κ3) is 5.74. The van der Waals surface area contributed by atoms with Crippen molar-refractivity contribution in [3.8, 4) is 16.9 Å². The van der Waals surface area contributed by atoms with Crippen LogP contribution in [-0.4, -0.2) is 55.3 Å². The van der Waals surface area contributed by atoms with Crippen molar-refractivity contribution >= 4 is 68.9 Å². The maximum absolute atomic E-state index is 15.2. The quantitative estimate of drug-likeness (QED) is 0.117. The summed E-state index contributed by atoms with van der Waals surface area (Å²) in [6.45, 7) is 9.09. The summed E-state index contributed by atoms with van der Waals surface area (Å²) in [6, 6.07) is 10.7. The zero-order valence-electron chi connectivity index (χ0n) is 29.9. The van der Waals surface area contributed by atoms with Gasteiger partial charge in [0, 0.05) is 71.6 Å². The summed E-state index contributed by atoms with van der Waals surface area (Å²) in [4.78, 5) is 41.4. The molecule has 6 aromatic rings. The Labute approximate surface area is 311 Å². The van der Waals surface area contributed by atoms with Crippen LogP contribution in [0.5, 0.6) is 5.75 Å². The van der Waals surface area contributed by atoms with Crippen LogP contribution in [0.25, 0.3) is 32.9 Å². The second kappa shape index (κ2) is 13.5. The average Bonchev–Trinajstić information content (AvgIpc) is 3.64. The number of fused-ring (bicyclic) bond motifs is 4. The van der Waals surface area contributed by atoms with Crippen molar-refractivity contribution in [2.45, 2.75) is 53.5 Å². The lowest BCUT2D eigenvalue weighted by molar-refractivity contribution is 0.0696. The number of aldehydes is 1. The normalized spacial score (nSPS) is 13.2. The zero-order valence-corrected chi connectivity index (χ0v) is 31.4. The molecule has 0 spiro atoms. The second-order valence-corrected chi connectivity index (χ2v) is 14.4. The Balaban J connectivity index is 1.41. The molecule has 1 amide bonds. The van der Waals surface area contributed by atoms with E-state index in [-0.39, 0.29) is 11.5 Å². The molecule has 7 rings (SSSR count). The number of hydrogen-bond acceptors (Lipinski definition) is 5. The van der Waals surface area contributed by atoms with Crippen molar-refractivity contribution in [2.24, 2.45) is 14.1 Å². The predicted molar refractivity (Wildman–Crippen MR) is 205 cm³/mol. The molecule has 1 aliphatic rings. The smallest absolute Gasteiger partial charge is 0.335 e. The van der Waals surface area contributed by atoms with Gasteiger partial charge in [-0.05, 0) is 94.0 Å². The van der Waals surface area contributed by atoms with Crippen LogP contribution in [0.2, 0.25) is 10.0 Å². The lowest BCUT2D eigenvalue weighted by Crippen LogP contribution is -2.32. The van der Waals surface area contributed by atoms with E-state index in [1.807, 2.05) is 63.7 Å². The fraction of sp³-hybridized carbons (Fsp3) is 0.300. The van der Waals surface area contributed by atoms with E-state index in [0.29, 0.717) is 76.9 Å². The number of halogens is 2. The van der Waals surface area contributed by atoms with Crippen molar-refractivity contribution < 1.29 is 24.2 Å². The molecule has 1 N–H and O–H groups in total. The predicted octanol–water partition coefficient (Wildman–Crippen LogP) is 8.65. The van der Waals surface area contributed by atoms with E-state index < -0.39 is 5.97 Å². The lowest BCUT2D eigenvalue weighted by atomic mass is 9.98. The topological polar surface area (TPSA) is 112 Å². The summed E-state index contributed by atoms with van der Waals surface area (Å²) in [7, 11) is 3.66. The highest BCUT2D eigenvalue weighted by atomic mass is 35.5. The van der Waals surface area contributed by atoms with Gasteiger partial charge in [-0.2, -0.15) is 5.10 Å². The van der Waals surface area contributed by atoms with Crippen molar-refractivity contribution in [1.82, 2.24) is 18.9 Å². The lowest BCUT2D eigenvalue weighted by Gasteiger charge is -2.23. The van der Waals surface area contributed by atoms with Crippen molar-refractivity contribution in [2.75, 3.05) is 18.1 Å². The van der Waals surface area contributed by atoms with Crippen LogP contribution in [-0.2, 0) is 27.1 Å². The number of rotatable bonds is 9. The number of hydrogen-bond donors (Lipinski definition) is 1. The third-order valence-corrected chi connectivity index (χ3v) is 11.2. The first-order valence-electron chi connectivity index (χ1n) is 17.2. The number of ether oxygens (including phenoxy) is 1. The number of amides is 1. The van der Waals surface area contributed by atoms with Gasteiger partial charge in [-0.25, -0.2) is 4.79 Å². The molecule has 0 saturated heterocycles. The minimum atomic E-state index is -1.12. The van der Waals surface area contributed by atoms with Gasteiger partial charge in [-0.1, -0.05) is 29.3 Å². The molecular weight excluding hydrogens is 701 g/mol. The second-order valence-electron chi connectivity index (χ2n) is 13.6. The number of carbonyl (C=O) groups excluding carboxylic acids is 2. The van der Waals surface area contributed by atoms with Gasteiger partial charge in [0.05, 0.1) is 39.6 Å². The van der Waals surface area contributed by atoms with Crippen molar-refractivity contribution in [3.05, 3.63) is 97.5 Å². The fourth-order valence-corrected chi connectivity index (χ4v) is 8.17. The average molecular weight is 741 g/mol. The Kier molecular flexibility index (Phi) is 9.17. The van der Waals surface area contributed by atoms with Crippen LogP contribution in [0.15, 0.2) is 42.6 Å². The summed E-state index contributed by atoms with van der Waals surface area (Å²) in [5.41, 5.74) is 8.96. The van der Waals surface area contributed by atoms with Crippen molar-refractivity contribution in [3.63, 3.8) is 0 Å². The van der Waals surface area contributed by atoms with Gasteiger partial charge in [0.15, 0.2) is 6.29 Å². The van der Waals surface area contributed by atoms with Gasteiger partial charge in [-0.3, -0.25) is 14.3 Å². The largest absolute Gasteiger partial charge is 0.494 e. The number of benzene rings is 3. The van der Waals surface area contributed by atoms with E-state index in [1.165, 1.54) is 12.1 Å². The summed E-state index contributed by atoms with van der Waals surface area (Å²) in [5, 5.41) is 17.5. The SMILES string of the molecule is Cc1cc(OCCCc2c3n(c4c(-c5c(C)nn(C)c5C)c(Cl)ccc24)CCCN(c2cc(C(=O)O)cc4c2c(C=O)cn4C)C3=O)cc(C)c1Cl. The monoisotopic (exact) mass is 739 g/mol. The number of carbonyl (C=O) groups is 3. The zero-order chi connectivity index (χ0) is 37.2. The highest BCUT2D eigenvalue weighted by molar-refractivity contribution is 6.35. The van der Waals surface area contributed by atoms with E-state index in [1.54, 1.807) is 22.7 Å². The molecule has 0 aliphatic carbocycles. The summed E-state index contributed by atoms with van der Waals surface area (Å²) < 4.78 is 11.8. The first-order chi connectivity index (χ1) is 24.8. The minimum absolute atomic E-state index is 0.0281. The molecule has 10 nitrogen and oxygen atoms in total. The Morgan fingerprint density at radius 3 is 2.40 bits per heavy atom. The van der Waals surface area contributed by atoms with Crippen LogP contribution in [0, 0.1) is 27.7 Å². The summed E-state index contributed by atoms with van der Waals surface area (Å²) >= 11 is 13.4. The molecule has 0 saturated carbocycles. The van der Waals surface area contributed by atoms with Crippen LogP contribution >= 0.6 is 23.2 Å². The molecule has 1 aliphatic heterocycles. The number of carboxylic acids is 1. The van der Waals surface area contributed by atoms with E-state index >= 15 is 4.79 Å². The number of aromatic nitrogens is 4. The fourth-order valence-electron chi connectivity index (χ4n) is 7.82. The minimum Gasteiger partial charge on any atom is -0.494 e. The molecule has 0 radical (unpaired) electrons. The molecule has 12 heteroatoms. The van der Waals surface area contributed by atoms with Crippen LogP contribution in [0.1, 0.15) is 72.1 Å². The van der Waals surface area contributed by atoms with Gasteiger partial charge >= 0.3 is 5.97 Å². The third-order valence-electron chi connectivity index (χ3n) is 10.3. The standard InChI is InChI=1S/C40H39Cl2N5O5/c1-21-15-27(16-22(2)36(21)42)52-14-7-9-28-29-10-11-30(41)35(33-23(3)43-45(6)24(33)4)37(29)47-13-8-12-46(39(49)38(28)47)32-18-25(40(50)51)17-31-34(32)26(20-48)19-44(31)5/h10-11,15-20H,7-9,12-14H2,1-6H3,(H,50,51). The highest BCUT2D eigenvalue weighted by Gasteiger charge is 2.34. The van der Waals surface area contributed by atoms with Crippen LogP contribution < -0.4 is 9.64 Å². The number of nitrogens with zero attached hydrogens (tertiary/aromatic N) is 5. The van der Waals surface area contributed by atoms with E-state index in [2.05, 4.69) is 9.67 Å². The first-order valence-corrected chi connectivity index (χ1v) is 17.9. The number of aromatic carboxylic acids is 1. The first kappa shape index (κ1) is 35.3. The van der Waals surface area contributed by atoms with Crippen molar-refractivity contribution in [1.29, 1.82) is 0 Å². The Bertz CT molecular complexity index is 2450. The molecule has 3 aromatic carbocycles. The van der Waals surface area contributed by atoms with E-state index in [9.17, 15) is 14.7 Å². The summed E-state index contributed by atoms with van der Waals surface area (Å²) in [6.07, 6.45) is 4.10. The summed E-state index contributed by atoms with van der Waals surface area (Å²) in [5.74, 6) is -0.670. The Morgan fingerprint density at radius 2 is 1.75 bits per heavy atom. The van der Waals surface area contributed by atoms with Gasteiger partial charge in [0.2, 0.25) is 0 Å². The van der Waals surface area contributed by atoms with Crippen LogP contribution in [0.4, 0.5) is 5.69 Å². The number of carboxylic acid groups (broad SMARTS) is 1. The molecule has 268 valence electrons. The molecule has 0 atom stereocenters. The van der Waals surface area contributed by atoms with E-state index in [4.69, 9.17) is 27.9 Å². The molecule has 4 heterocycles.